The summed E-state index contributed by atoms with van der Waals surface area (Å²) in [6.07, 6.45) is 9.19. The van der Waals surface area contributed by atoms with Gasteiger partial charge in [0.05, 0.1) is 0 Å². The summed E-state index contributed by atoms with van der Waals surface area (Å²) in [5, 5.41) is 9.46. The van der Waals surface area contributed by atoms with Crippen molar-refractivity contribution in [2.24, 2.45) is 11.8 Å². The van der Waals surface area contributed by atoms with Crippen LogP contribution in [-0.2, 0) is 16.0 Å². The number of aromatic nitrogens is 3. The average molecular weight is 505 g/mol. The molecule has 37 heavy (non-hydrogen) atoms. The molecule has 3 aliphatic rings. The molecule has 2 saturated carbocycles. The first-order chi connectivity index (χ1) is 17.8. The van der Waals surface area contributed by atoms with Gasteiger partial charge in [-0.1, -0.05) is 37.6 Å². The summed E-state index contributed by atoms with van der Waals surface area (Å²) >= 11 is 0. The van der Waals surface area contributed by atoms with Gasteiger partial charge in [-0.3, -0.25) is 9.59 Å². The molecule has 5 rings (SSSR count). The highest BCUT2D eigenvalue weighted by Gasteiger charge is 2.40. The number of amides is 1. The second kappa shape index (κ2) is 11.1. The molecule has 0 spiro atoms. The molecule has 200 valence electrons. The Morgan fingerprint density at radius 3 is 2.41 bits per heavy atom. The second-order valence-corrected chi connectivity index (χ2v) is 12.5. The minimum Gasteiger partial charge on any atom is -0.343 e. The van der Waals surface area contributed by atoms with E-state index in [1.54, 1.807) is 0 Å². The van der Waals surface area contributed by atoms with Crippen molar-refractivity contribution in [2.75, 3.05) is 13.1 Å². The van der Waals surface area contributed by atoms with Crippen LogP contribution in [0.3, 0.4) is 0 Å². The molecule has 1 atom stereocenters. The van der Waals surface area contributed by atoms with Gasteiger partial charge in [-0.25, -0.2) is 0 Å². The minimum absolute atomic E-state index is 0.161. The van der Waals surface area contributed by atoms with Gasteiger partial charge in [-0.2, -0.15) is 0 Å². The fraction of sp³-hybridized carbons (Fsp3) is 0.677. The molecule has 1 aromatic heterocycles. The van der Waals surface area contributed by atoms with E-state index in [4.69, 9.17) is 10.2 Å². The fourth-order valence-corrected chi connectivity index (χ4v) is 6.55. The molecule has 3 fully saturated rings. The number of hydrogen-bond acceptors (Lipinski definition) is 4. The van der Waals surface area contributed by atoms with E-state index in [0.717, 1.165) is 73.4 Å². The Balaban J connectivity index is 1.36. The third kappa shape index (κ3) is 6.15. The number of likely N-dealkylation sites (tertiary alicyclic amines) is 1. The number of rotatable bonds is 11. The molecular formula is C31H44N4O2. The Bertz CT molecular complexity index is 1120. The van der Waals surface area contributed by atoms with Crippen molar-refractivity contribution in [3.8, 4) is 0 Å². The number of hydrogen-bond donors (Lipinski definition) is 0. The third-order valence-electron chi connectivity index (χ3n) is 8.67. The first-order valence-electron chi connectivity index (χ1n) is 14.6. The number of carbonyl (C=O) groups excluding carboxylic acids is 2. The highest BCUT2D eigenvalue weighted by atomic mass is 16.2. The van der Waals surface area contributed by atoms with E-state index in [9.17, 15) is 9.59 Å². The van der Waals surface area contributed by atoms with E-state index in [-0.39, 0.29) is 17.6 Å². The molecule has 2 heterocycles. The van der Waals surface area contributed by atoms with Crippen LogP contribution in [0.2, 0.25) is 0 Å². The van der Waals surface area contributed by atoms with Crippen molar-refractivity contribution in [1.29, 1.82) is 0 Å². The quantitative estimate of drug-likeness (QED) is 0.373. The van der Waals surface area contributed by atoms with E-state index in [1.807, 2.05) is 4.90 Å². The van der Waals surface area contributed by atoms with E-state index in [1.165, 1.54) is 24.8 Å². The minimum atomic E-state index is -0.209. The van der Waals surface area contributed by atoms with Crippen molar-refractivity contribution < 1.29 is 9.59 Å². The van der Waals surface area contributed by atoms with Crippen LogP contribution in [0.25, 0.3) is 0 Å². The Kier molecular flexibility index (Phi) is 7.83. The van der Waals surface area contributed by atoms with Crippen LogP contribution >= 0.6 is 0 Å². The number of benzene rings is 1. The van der Waals surface area contributed by atoms with Crippen LogP contribution < -0.4 is 0 Å². The van der Waals surface area contributed by atoms with Crippen LogP contribution in [0.5, 0.6) is 0 Å². The lowest BCUT2D eigenvalue weighted by Crippen LogP contribution is -2.30. The van der Waals surface area contributed by atoms with Crippen molar-refractivity contribution in [3.05, 3.63) is 46.5 Å². The van der Waals surface area contributed by atoms with Crippen LogP contribution in [0, 0.1) is 25.7 Å². The number of ketones is 1. The standard InChI is InChI=1S/C31H44N4O2/c1-20(2)13-23-15-25(16-23)30-32-33-31(35(30)27-9-10-27)26(19-29(37)34-11-5-6-12-34)18-28(36)17-24-8-7-21(3)14-22(24)4/h7-8,14,20,23,25-27H,5-6,9-13,15-19H2,1-4H3. The molecular weight excluding hydrogens is 460 g/mol. The number of carbonyl (C=O) groups is 2. The molecule has 6 nitrogen and oxygen atoms in total. The van der Waals surface area contributed by atoms with Crippen molar-refractivity contribution in [2.45, 2.75) is 110 Å². The van der Waals surface area contributed by atoms with Crippen LogP contribution in [0.4, 0.5) is 0 Å². The van der Waals surface area contributed by atoms with Crippen molar-refractivity contribution in [1.82, 2.24) is 19.7 Å². The number of nitrogens with zero attached hydrogens (tertiary/aromatic N) is 4. The van der Waals surface area contributed by atoms with Gasteiger partial charge in [0.15, 0.2) is 0 Å². The molecule has 0 N–H and O–H groups in total. The predicted molar refractivity (Wildman–Crippen MR) is 146 cm³/mol. The van der Waals surface area contributed by atoms with Crippen molar-refractivity contribution in [3.63, 3.8) is 0 Å². The predicted octanol–water partition coefficient (Wildman–Crippen LogP) is 6.07. The Hall–Kier alpha value is -2.50. The first kappa shape index (κ1) is 26.1. The molecule has 1 aliphatic heterocycles. The van der Waals surface area contributed by atoms with Gasteiger partial charge in [0.2, 0.25) is 5.91 Å². The summed E-state index contributed by atoms with van der Waals surface area (Å²) in [6.45, 7) is 10.4. The van der Waals surface area contributed by atoms with Crippen molar-refractivity contribution >= 4 is 11.7 Å². The highest BCUT2D eigenvalue weighted by molar-refractivity contribution is 5.83. The zero-order valence-corrected chi connectivity index (χ0v) is 23.2. The SMILES string of the molecule is Cc1ccc(CC(=O)CC(CC(=O)N2CCCC2)c2nnc(C3CC(CC(C)C)C3)n2C2CC2)c(C)c1. The summed E-state index contributed by atoms with van der Waals surface area (Å²) in [5.74, 6) is 4.10. The zero-order chi connectivity index (χ0) is 26.1. The topological polar surface area (TPSA) is 68.1 Å². The lowest BCUT2D eigenvalue weighted by molar-refractivity contribution is -0.130. The van der Waals surface area contributed by atoms with Crippen LogP contribution in [-0.4, -0.2) is 44.4 Å². The van der Waals surface area contributed by atoms with Gasteiger partial charge < -0.3 is 9.47 Å². The Morgan fingerprint density at radius 1 is 1.03 bits per heavy atom. The molecule has 6 heteroatoms. The normalized spacial score (nSPS) is 22.4. The molecule has 0 radical (unpaired) electrons. The average Bonchev–Trinajstić information content (AvgIpc) is 3.32. The Morgan fingerprint density at radius 2 is 1.76 bits per heavy atom. The number of aryl methyl sites for hydroxylation is 2. The molecule has 1 saturated heterocycles. The van der Waals surface area contributed by atoms with Gasteiger partial charge in [-0.05, 0) is 81.8 Å². The molecule has 1 unspecified atom stereocenters. The summed E-state index contributed by atoms with van der Waals surface area (Å²) < 4.78 is 2.36. The third-order valence-corrected chi connectivity index (χ3v) is 8.67. The maximum atomic E-state index is 13.4. The van der Waals surface area contributed by atoms with Crippen LogP contribution in [0.1, 0.15) is 118 Å². The van der Waals surface area contributed by atoms with Crippen LogP contribution in [0.15, 0.2) is 18.2 Å². The Labute approximate surface area is 222 Å². The summed E-state index contributed by atoms with van der Waals surface area (Å²) in [7, 11) is 0. The smallest absolute Gasteiger partial charge is 0.223 e. The summed E-state index contributed by atoms with van der Waals surface area (Å²) in [6, 6.07) is 6.72. The van der Waals surface area contributed by atoms with E-state index in [2.05, 4.69) is 50.5 Å². The molecule has 2 aliphatic carbocycles. The molecule has 1 amide bonds. The van der Waals surface area contributed by atoms with E-state index in [0.29, 0.717) is 31.2 Å². The van der Waals surface area contributed by atoms with Gasteiger partial charge in [0.1, 0.15) is 17.4 Å². The monoisotopic (exact) mass is 504 g/mol. The largest absolute Gasteiger partial charge is 0.343 e. The zero-order valence-electron chi connectivity index (χ0n) is 23.2. The summed E-state index contributed by atoms with van der Waals surface area (Å²) in [4.78, 5) is 28.6. The van der Waals surface area contributed by atoms with Gasteiger partial charge in [0.25, 0.3) is 0 Å². The van der Waals surface area contributed by atoms with E-state index < -0.39 is 0 Å². The van der Waals surface area contributed by atoms with E-state index >= 15 is 0 Å². The maximum absolute atomic E-state index is 13.4. The fourth-order valence-electron chi connectivity index (χ4n) is 6.55. The molecule has 0 bridgehead atoms. The maximum Gasteiger partial charge on any atom is 0.223 e. The first-order valence-corrected chi connectivity index (χ1v) is 14.6. The lowest BCUT2D eigenvalue weighted by Gasteiger charge is -2.36. The van der Waals surface area contributed by atoms with Gasteiger partial charge >= 0.3 is 0 Å². The van der Waals surface area contributed by atoms with Gasteiger partial charge in [-0.15, -0.1) is 10.2 Å². The molecule has 2 aromatic rings. The summed E-state index contributed by atoms with van der Waals surface area (Å²) in [5.41, 5.74) is 3.44. The lowest BCUT2D eigenvalue weighted by atomic mass is 9.71. The highest BCUT2D eigenvalue weighted by Crippen LogP contribution is 2.48. The second-order valence-electron chi connectivity index (χ2n) is 12.5. The van der Waals surface area contributed by atoms with Gasteiger partial charge in [0, 0.05) is 50.2 Å². The number of Topliss-reactive ketones (excluding diaryl/α,β-unsaturated/α-hetero) is 1. The molecule has 1 aromatic carbocycles.